The van der Waals surface area contributed by atoms with E-state index >= 15 is 0 Å². The fourth-order valence-corrected chi connectivity index (χ4v) is 6.30. The number of nitrogens with zero attached hydrogens (tertiary/aromatic N) is 5. The molecule has 1 aliphatic carbocycles. The monoisotopic (exact) mass is 602 g/mol. The number of aromatic hydroxyl groups is 1. The van der Waals surface area contributed by atoms with Crippen molar-refractivity contribution >= 4 is 39.6 Å². The zero-order valence-electron chi connectivity index (χ0n) is 23.9. The Balaban J connectivity index is 1.34. The lowest BCUT2D eigenvalue weighted by atomic mass is 10.0. The number of imidazole rings is 1. The number of benzene rings is 2. The number of amides is 1. The number of phenols is 1. The predicted octanol–water partition coefficient (Wildman–Crippen LogP) is 5.55. The number of ether oxygens (including phenoxy) is 1. The van der Waals surface area contributed by atoms with Crippen LogP contribution < -0.4 is 10.5 Å². The van der Waals surface area contributed by atoms with Crippen LogP contribution in [0.25, 0.3) is 44.8 Å². The van der Waals surface area contributed by atoms with Gasteiger partial charge in [0.25, 0.3) is 5.91 Å². The van der Waals surface area contributed by atoms with Crippen molar-refractivity contribution in [3.63, 3.8) is 0 Å². The molecule has 0 radical (unpaired) electrons. The molecule has 11 heteroatoms. The number of likely N-dealkylation sites (tertiary alicyclic amines) is 1. The average Bonchev–Trinajstić information content (AvgIpc) is 3.66. The van der Waals surface area contributed by atoms with Gasteiger partial charge in [0.05, 0.1) is 35.6 Å². The zero-order chi connectivity index (χ0) is 30.0. The second-order valence-electron chi connectivity index (χ2n) is 11.7. The third-order valence-electron chi connectivity index (χ3n) is 8.47. The first kappa shape index (κ1) is 27.7. The first-order valence-electron chi connectivity index (χ1n) is 14.4. The van der Waals surface area contributed by atoms with Gasteiger partial charge in [-0.05, 0) is 73.7 Å². The molecule has 5 aromatic rings. The Bertz CT molecular complexity index is 1890. The largest absolute Gasteiger partial charge is 0.506 e. The van der Waals surface area contributed by atoms with Gasteiger partial charge in [-0.1, -0.05) is 11.6 Å². The van der Waals surface area contributed by atoms with E-state index < -0.39 is 12.2 Å². The van der Waals surface area contributed by atoms with Crippen LogP contribution in [-0.4, -0.2) is 67.4 Å². The van der Waals surface area contributed by atoms with Gasteiger partial charge in [0, 0.05) is 42.7 Å². The first-order chi connectivity index (χ1) is 20.7. The molecule has 3 N–H and O–H groups in total. The number of nitrogens with two attached hydrogens (primary N) is 1. The first-order valence-corrected chi connectivity index (χ1v) is 14.8. The number of hydrogen-bond acceptors (Lipinski definition) is 6. The van der Waals surface area contributed by atoms with Crippen molar-refractivity contribution in [2.24, 2.45) is 18.7 Å². The lowest BCUT2D eigenvalue weighted by Gasteiger charge is -2.33. The SMILES string of the molecule is COc1cc(C(=O)N2C[C@H](N)C[C@@H](F)C2)cc2nc(-c3cc4ccc(-c5ccc(O)c(Cl)c5)nc4n3CC3CC3)n(C)c12. The molecule has 2 aliphatic rings. The number of aromatic nitrogens is 4. The molecule has 0 bridgehead atoms. The van der Waals surface area contributed by atoms with E-state index in [1.807, 2.05) is 23.7 Å². The summed E-state index contributed by atoms with van der Waals surface area (Å²) in [5, 5.41) is 11.1. The minimum atomic E-state index is -1.15. The van der Waals surface area contributed by atoms with Gasteiger partial charge >= 0.3 is 0 Å². The Morgan fingerprint density at radius 2 is 1.95 bits per heavy atom. The average molecular weight is 603 g/mol. The Hall–Kier alpha value is -4.15. The van der Waals surface area contributed by atoms with E-state index in [-0.39, 0.29) is 29.6 Å². The minimum absolute atomic E-state index is 0.0208. The number of carbonyl (C=O) groups excluding carboxylic acids is 1. The van der Waals surface area contributed by atoms with Crippen molar-refractivity contribution in [3.05, 3.63) is 59.1 Å². The highest BCUT2D eigenvalue weighted by atomic mass is 35.5. The summed E-state index contributed by atoms with van der Waals surface area (Å²) in [6.45, 7) is 1.13. The van der Waals surface area contributed by atoms with Gasteiger partial charge in [0.1, 0.15) is 28.8 Å². The standard InChI is InChI=1S/C32H32ClFN6O3/c1-38-29-25(10-20(12-28(29)43-2)32(42)39-15-21(34)13-22(35)16-39)37-31(38)26-11-19-5-7-24(18-6-8-27(41)23(33)9-18)36-30(19)40(26)14-17-3-4-17/h5-12,17,21-22,41H,3-4,13-16,35H2,1-2H3/t21-,22-/m1/s1. The minimum Gasteiger partial charge on any atom is -0.506 e. The Labute approximate surface area is 252 Å². The van der Waals surface area contributed by atoms with Gasteiger partial charge in [0.2, 0.25) is 0 Å². The van der Waals surface area contributed by atoms with Crippen molar-refractivity contribution in [2.75, 3.05) is 20.2 Å². The summed E-state index contributed by atoms with van der Waals surface area (Å²) in [4.78, 5) is 25.0. The Morgan fingerprint density at radius 3 is 2.67 bits per heavy atom. The number of rotatable bonds is 6. The fourth-order valence-electron chi connectivity index (χ4n) is 6.12. The molecule has 2 atom stereocenters. The molecule has 1 amide bonds. The summed E-state index contributed by atoms with van der Waals surface area (Å²) in [5.41, 5.74) is 11.0. The summed E-state index contributed by atoms with van der Waals surface area (Å²) < 4.78 is 24.2. The summed E-state index contributed by atoms with van der Waals surface area (Å²) in [6, 6.07) is 14.2. The van der Waals surface area contributed by atoms with Crippen molar-refractivity contribution < 1.29 is 19.0 Å². The van der Waals surface area contributed by atoms with Crippen LogP contribution in [0.5, 0.6) is 11.5 Å². The number of carbonyl (C=O) groups is 1. The van der Waals surface area contributed by atoms with Gasteiger partial charge in [-0.15, -0.1) is 0 Å². The number of aryl methyl sites for hydroxylation is 1. The maximum Gasteiger partial charge on any atom is 0.254 e. The smallest absolute Gasteiger partial charge is 0.254 e. The molecule has 4 heterocycles. The lowest BCUT2D eigenvalue weighted by Crippen LogP contribution is -2.50. The summed E-state index contributed by atoms with van der Waals surface area (Å²) in [7, 11) is 3.50. The number of phenolic OH excluding ortho intramolecular Hbond substituents is 1. The van der Waals surface area contributed by atoms with E-state index in [0.29, 0.717) is 29.3 Å². The second kappa shape index (κ2) is 10.5. The Morgan fingerprint density at radius 1 is 1.14 bits per heavy atom. The van der Waals surface area contributed by atoms with Crippen LogP contribution in [0, 0.1) is 5.92 Å². The number of pyridine rings is 1. The van der Waals surface area contributed by atoms with E-state index in [9.17, 15) is 14.3 Å². The van der Waals surface area contributed by atoms with Crippen LogP contribution in [0.1, 0.15) is 29.6 Å². The molecule has 0 spiro atoms. The van der Waals surface area contributed by atoms with Crippen LogP contribution in [0.15, 0.2) is 48.5 Å². The molecule has 43 heavy (non-hydrogen) atoms. The highest BCUT2D eigenvalue weighted by Gasteiger charge is 2.30. The van der Waals surface area contributed by atoms with Crippen LogP contribution in [0.2, 0.25) is 5.02 Å². The van der Waals surface area contributed by atoms with Crippen molar-refractivity contribution in [3.8, 4) is 34.3 Å². The van der Waals surface area contributed by atoms with Crippen LogP contribution >= 0.6 is 11.6 Å². The number of hydrogen-bond donors (Lipinski definition) is 2. The number of halogens is 2. The molecular formula is C32H32ClFN6O3. The molecule has 3 aromatic heterocycles. The molecule has 7 rings (SSSR count). The highest BCUT2D eigenvalue weighted by molar-refractivity contribution is 6.32. The number of alkyl halides is 1. The van der Waals surface area contributed by atoms with Gasteiger partial charge in [-0.25, -0.2) is 14.4 Å². The molecule has 2 aromatic carbocycles. The van der Waals surface area contributed by atoms with E-state index in [4.69, 9.17) is 32.0 Å². The highest BCUT2D eigenvalue weighted by Crippen LogP contribution is 2.38. The third kappa shape index (κ3) is 4.98. The summed E-state index contributed by atoms with van der Waals surface area (Å²) in [5.74, 6) is 1.52. The van der Waals surface area contributed by atoms with Gasteiger partial charge < -0.3 is 29.6 Å². The Kier molecular flexibility index (Phi) is 6.78. The quantitative estimate of drug-likeness (QED) is 0.264. The fraction of sp³-hybridized carbons (Fsp3) is 0.344. The molecule has 9 nitrogen and oxygen atoms in total. The van der Waals surface area contributed by atoms with Crippen molar-refractivity contribution in [2.45, 2.75) is 38.0 Å². The molecule has 1 aliphatic heterocycles. The van der Waals surface area contributed by atoms with E-state index in [1.54, 1.807) is 37.4 Å². The van der Waals surface area contributed by atoms with Crippen LogP contribution in [-0.2, 0) is 13.6 Å². The van der Waals surface area contributed by atoms with Gasteiger partial charge in [0.15, 0.2) is 5.82 Å². The molecule has 1 saturated heterocycles. The number of methoxy groups -OCH3 is 1. The molecule has 2 fully saturated rings. The molecule has 1 saturated carbocycles. The molecule has 222 valence electrons. The lowest BCUT2D eigenvalue weighted by molar-refractivity contribution is 0.0606. The van der Waals surface area contributed by atoms with Crippen molar-refractivity contribution in [1.82, 2.24) is 24.0 Å². The maximum absolute atomic E-state index is 14.2. The van der Waals surface area contributed by atoms with E-state index in [0.717, 1.165) is 58.7 Å². The topological polar surface area (TPSA) is 111 Å². The molecule has 0 unspecified atom stereocenters. The van der Waals surface area contributed by atoms with Crippen LogP contribution in [0.3, 0.4) is 0 Å². The summed E-state index contributed by atoms with van der Waals surface area (Å²) in [6.07, 6.45) is 1.43. The zero-order valence-corrected chi connectivity index (χ0v) is 24.7. The van der Waals surface area contributed by atoms with Gasteiger partial charge in [-0.2, -0.15) is 0 Å². The second-order valence-corrected chi connectivity index (χ2v) is 12.1. The number of piperidine rings is 1. The predicted molar refractivity (Wildman–Crippen MR) is 164 cm³/mol. The third-order valence-corrected chi connectivity index (χ3v) is 8.78. The van der Waals surface area contributed by atoms with E-state index in [2.05, 4.69) is 10.6 Å². The number of fused-ring (bicyclic) bond motifs is 2. The normalized spacial score (nSPS) is 19.0. The molecular weight excluding hydrogens is 571 g/mol. The van der Waals surface area contributed by atoms with E-state index in [1.165, 1.54) is 4.90 Å². The van der Waals surface area contributed by atoms with Crippen LogP contribution in [0.4, 0.5) is 4.39 Å². The maximum atomic E-state index is 14.2. The summed E-state index contributed by atoms with van der Waals surface area (Å²) >= 11 is 6.19. The van der Waals surface area contributed by atoms with Gasteiger partial charge in [-0.3, -0.25) is 4.79 Å². The van der Waals surface area contributed by atoms with Crippen molar-refractivity contribution in [1.29, 1.82) is 0 Å².